The molecule has 6 heteroatoms. The quantitative estimate of drug-likeness (QED) is 0.550. The standard InChI is InChI=1S/C15H17N3O2.ClH/c1-11(19)13-4-6-14(7-5-13)16-15(20)10-18-9-8-17(3)12(18)2;/h4-9H,10H2,1-3H3;1H. The molecular formula is C15H18ClN3O2. The van der Waals surface area contributed by atoms with E-state index in [-0.39, 0.29) is 30.6 Å². The van der Waals surface area contributed by atoms with Crippen LogP contribution in [0.15, 0.2) is 36.7 Å². The third kappa shape index (κ3) is 4.16. The molecule has 0 saturated heterocycles. The molecule has 2 rings (SSSR count). The fourth-order valence-electron chi connectivity index (χ4n) is 1.91. The monoisotopic (exact) mass is 307 g/mol. The van der Waals surface area contributed by atoms with Gasteiger partial charge in [0.25, 0.3) is 11.7 Å². The fourth-order valence-corrected chi connectivity index (χ4v) is 1.91. The van der Waals surface area contributed by atoms with Crippen molar-refractivity contribution >= 4 is 17.4 Å². The van der Waals surface area contributed by atoms with Crippen molar-refractivity contribution in [2.75, 3.05) is 5.32 Å². The van der Waals surface area contributed by atoms with E-state index in [4.69, 9.17) is 0 Å². The lowest BCUT2D eigenvalue weighted by molar-refractivity contribution is -0.677. The third-order valence-electron chi connectivity index (χ3n) is 3.29. The minimum atomic E-state index is -0.0973. The minimum absolute atomic E-state index is 0. The second kappa shape index (κ2) is 7.04. The van der Waals surface area contributed by atoms with E-state index in [0.29, 0.717) is 11.3 Å². The Morgan fingerprint density at radius 1 is 1.24 bits per heavy atom. The number of hydrogen-bond donors (Lipinski definition) is 1. The summed E-state index contributed by atoms with van der Waals surface area (Å²) in [6, 6.07) is 6.88. The SMILES string of the molecule is CC(=O)c1ccc(NC(=O)Cn2cc[n+](C)c2C)cc1.[Cl-]. The first-order valence-electron chi connectivity index (χ1n) is 6.39. The van der Waals surface area contributed by atoms with Crippen LogP contribution in [0, 0.1) is 6.92 Å². The van der Waals surface area contributed by atoms with E-state index in [1.807, 2.05) is 35.5 Å². The highest BCUT2D eigenvalue weighted by molar-refractivity contribution is 5.95. The third-order valence-corrected chi connectivity index (χ3v) is 3.29. The summed E-state index contributed by atoms with van der Waals surface area (Å²) in [4.78, 5) is 23.1. The molecule has 1 aromatic carbocycles. The van der Waals surface area contributed by atoms with E-state index in [9.17, 15) is 9.59 Å². The number of nitrogens with one attached hydrogen (secondary N) is 1. The summed E-state index contributed by atoms with van der Waals surface area (Å²) in [5.41, 5.74) is 1.32. The van der Waals surface area contributed by atoms with Crippen molar-refractivity contribution in [3.8, 4) is 0 Å². The average molecular weight is 308 g/mol. The van der Waals surface area contributed by atoms with Crippen molar-refractivity contribution in [1.82, 2.24) is 4.57 Å². The van der Waals surface area contributed by atoms with E-state index < -0.39 is 0 Å². The van der Waals surface area contributed by atoms with E-state index >= 15 is 0 Å². The molecule has 5 nitrogen and oxygen atoms in total. The molecule has 1 amide bonds. The second-order valence-corrected chi connectivity index (χ2v) is 4.77. The molecule has 0 aliphatic carbocycles. The number of Topliss-reactive ketones (excluding diaryl/α,β-unsaturated/α-hetero) is 1. The lowest BCUT2D eigenvalue weighted by Crippen LogP contribution is -3.00. The average Bonchev–Trinajstić information content (AvgIpc) is 2.71. The normalized spacial score (nSPS) is 9.86. The van der Waals surface area contributed by atoms with E-state index in [0.717, 1.165) is 5.82 Å². The molecule has 112 valence electrons. The summed E-state index contributed by atoms with van der Waals surface area (Å²) in [6.07, 6.45) is 3.78. The molecule has 0 unspecified atom stereocenters. The molecular weight excluding hydrogens is 290 g/mol. The number of halogens is 1. The van der Waals surface area contributed by atoms with Crippen molar-refractivity contribution in [3.63, 3.8) is 0 Å². The van der Waals surface area contributed by atoms with Crippen molar-refractivity contribution in [2.24, 2.45) is 7.05 Å². The van der Waals surface area contributed by atoms with Gasteiger partial charge in [0.05, 0.1) is 7.05 Å². The van der Waals surface area contributed by atoms with Crippen LogP contribution in [-0.4, -0.2) is 16.3 Å². The van der Waals surface area contributed by atoms with Crippen LogP contribution in [0.4, 0.5) is 5.69 Å². The number of carbonyl (C=O) groups excluding carboxylic acids is 2. The molecule has 0 aliphatic rings. The molecule has 0 bridgehead atoms. The summed E-state index contributed by atoms with van der Waals surface area (Å²) in [7, 11) is 1.93. The summed E-state index contributed by atoms with van der Waals surface area (Å²) < 4.78 is 3.83. The smallest absolute Gasteiger partial charge is 0.266 e. The fraction of sp³-hybridized carbons (Fsp3) is 0.267. The molecule has 1 aromatic heterocycles. The molecule has 21 heavy (non-hydrogen) atoms. The maximum Gasteiger partial charge on any atom is 0.266 e. The summed E-state index contributed by atoms with van der Waals surface area (Å²) in [5, 5.41) is 2.81. The van der Waals surface area contributed by atoms with Gasteiger partial charge in [0, 0.05) is 18.2 Å². The maximum atomic E-state index is 12.0. The van der Waals surface area contributed by atoms with Crippen LogP contribution >= 0.6 is 0 Å². The highest BCUT2D eigenvalue weighted by atomic mass is 35.5. The zero-order chi connectivity index (χ0) is 14.7. The number of carbonyl (C=O) groups is 2. The van der Waals surface area contributed by atoms with E-state index in [1.54, 1.807) is 24.3 Å². The Morgan fingerprint density at radius 3 is 2.33 bits per heavy atom. The molecule has 0 fully saturated rings. The van der Waals surface area contributed by atoms with Crippen LogP contribution in [0.25, 0.3) is 0 Å². The number of anilines is 1. The van der Waals surface area contributed by atoms with E-state index in [1.165, 1.54) is 6.92 Å². The first kappa shape index (κ1) is 16.9. The largest absolute Gasteiger partial charge is 1.00 e. The van der Waals surface area contributed by atoms with Gasteiger partial charge in [-0.1, -0.05) is 0 Å². The minimum Gasteiger partial charge on any atom is -1.00 e. The number of amides is 1. The van der Waals surface area contributed by atoms with Crippen molar-refractivity contribution in [3.05, 3.63) is 48.0 Å². The molecule has 1 N–H and O–H groups in total. The van der Waals surface area contributed by atoms with Crippen LogP contribution < -0.4 is 22.3 Å². The van der Waals surface area contributed by atoms with Gasteiger partial charge in [-0.3, -0.25) is 9.59 Å². The summed E-state index contributed by atoms with van der Waals surface area (Å²) >= 11 is 0. The number of rotatable bonds is 4. The molecule has 0 aliphatic heterocycles. The summed E-state index contributed by atoms with van der Waals surface area (Å²) in [6.45, 7) is 3.73. The van der Waals surface area contributed by atoms with Gasteiger partial charge in [0.1, 0.15) is 12.4 Å². The number of aromatic nitrogens is 2. The van der Waals surface area contributed by atoms with Gasteiger partial charge < -0.3 is 17.7 Å². The van der Waals surface area contributed by atoms with Crippen molar-refractivity contribution in [1.29, 1.82) is 0 Å². The number of hydrogen-bond acceptors (Lipinski definition) is 2. The Hall–Kier alpha value is -2.14. The van der Waals surface area contributed by atoms with Crippen molar-refractivity contribution in [2.45, 2.75) is 20.4 Å². The number of nitrogens with zero attached hydrogens (tertiary/aromatic N) is 2. The first-order valence-corrected chi connectivity index (χ1v) is 6.39. The maximum absolute atomic E-state index is 12.0. The first-order chi connectivity index (χ1) is 9.47. The van der Waals surface area contributed by atoms with Gasteiger partial charge in [-0.2, -0.15) is 0 Å². The van der Waals surface area contributed by atoms with Crippen LogP contribution in [0.2, 0.25) is 0 Å². The van der Waals surface area contributed by atoms with Gasteiger partial charge in [-0.05, 0) is 31.2 Å². The highest BCUT2D eigenvalue weighted by Gasteiger charge is 2.13. The predicted octanol–water partition coefficient (Wildman–Crippen LogP) is -1.53. The Bertz CT molecular complexity index is 647. The molecule has 0 radical (unpaired) electrons. The lowest BCUT2D eigenvalue weighted by atomic mass is 10.1. The molecule has 1 heterocycles. The molecule has 2 aromatic rings. The number of ketones is 1. The predicted molar refractivity (Wildman–Crippen MR) is 75.4 cm³/mol. The van der Waals surface area contributed by atoms with Gasteiger partial charge in [0.2, 0.25) is 0 Å². The number of aryl methyl sites for hydroxylation is 1. The Kier molecular flexibility index (Phi) is 5.67. The zero-order valence-electron chi connectivity index (χ0n) is 12.3. The van der Waals surface area contributed by atoms with E-state index in [2.05, 4.69) is 5.32 Å². The van der Waals surface area contributed by atoms with Crippen LogP contribution in [0.1, 0.15) is 23.1 Å². The van der Waals surface area contributed by atoms with Gasteiger partial charge in [-0.25, -0.2) is 9.13 Å². The van der Waals surface area contributed by atoms with Crippen LogP contribution in [0.3, 0.4) is 0 Å². The molecule has 0 atom stereocenters. The Morgan fingerprint density at radius 2 is 1.86 bits per heavy atom. The van der Waals surface area contributed by atoms with Crippen LogP contribution in [0.5, 0.6) is 0 Å². The summed E-state index contributed by atoms with van der Waals surface area (Å²) in [5.74, 6) is 0.922. The lowest BCUT2D eigenvalue weighted by Gasteiger charge is -2.05. The van der Waals surface area contributed by atoms with Crippen molar-refractivity contribution < 1.29 is 26.6 Å². The Labute approximate surface area is 130 Å². The van der Waals surface area contributed by atoms with Gasteiger partial charge in [-0.15, -0.1) is 0 Å². The van der Waals surface area contributed by atoms with Gasteiger partial charge >= 0.3 is 0 Å². The highest BCUT2D eigenvalue weighted by Crippen LogP contribution is 2.10. The Balaban J connectivity index is 0.00000220. The number of imidazole rings is 1. The molecule has 0 saturated carbocycles. The van der Waals surface area contributed by atoms with Gasteiger partial charge in [0.15, 0.2) is 12.3 Å². The molecule has 0 spiro atoms. The topological polar surface area (TPSA) is 55.0 Å². The second-order valence-electron chi connectivity index (χ2n) is 4.77. The number of benzene rings is 1. The van der Waals surface area contributed by atoms with Crippen LogP contribution in [-0.2, 0) is 18.4 Å². The zero-order valence-corrected chi connectivity index (χ0v) is 13.0.